The summed E-state index contributed by atoms with van der Waals surface area (Å²) in [5, 5.41) is 0.939. The highest BCUT2D eigenvalue weighted by molar-refractivity contribution is 9.10. The molecule has 0 radical (unpaired) electrons. The highest BCUT2D eigenvalue weighted by atomic mass is 79.9. The molecule has 2 aromatic carbocycles. The third kappa shape index (κ3) is 3.28. The first-order valence-electron chi connectivity index (χ1n) is 8.62. The molecule has 27 heavy (non-hydrogen) atoms. The normalized spacial score (nSPS) is 11.0. The quantitative estimate of drug-likeness (QED) is 0.422. The summed E-state index contributed by atoms with van der Waals surface area (Å²) in [6, 6.07) is 19.7. The highest BCUT2D eigenvalue weighted by Crippen LogP contribution is 2.32. The van der Waals surface area contributed by atoms with Gasteiger partial charge in [-0.05, 0) is 40.5 Å². The Hall–Kier alpha value is -2.86. The van der Waals surface area contributed by atoms with Crippen molar-refractivity contribution < 1.29 is 14.3 Å². The number of nitrogens with zero attached hydrogens (tertiary/aromatic N) is 2. The number of hydrogen-bond donors (Lipinski definition) is 0. The van der Waals surface area contributed by atoms with Gasteiger partial charge >= 0.3 is 5.97 Å². The largest absolute Gasteiger partial charge is 0.488 e. The molecule has 0 aliphatic carbocycles. The predicted molar refractivity (Wildman–Crippen MR) is 107 cm³/mol. The first-order chi connectivity index (χ1) is 13.2. The molecular weight excluding hydrogens is 408 g/mol. The van der Waals surface area contributed by atoms with Gasteiger partial charge in [-0.2, -0.15) is 0 Å². The van der Waals surface area contributed by atoms with E-state index in [1.807, 2.05) is 65.1 Å². The lowest BCUT2D eigenvalue weighted by atomic mass is 10.2. The van der Waals surface area contributed by atoms with E-state index in [0.717, 1.165) is 22.2 Å². The molecule has 6 heteroatoms. The SMILES string of the molecule is CCOC(=O)c1nc2cc(OCc3ccccc3)c3ccccc3n2c1Br. The van der Waals surface area contributed by atoms with Crippen molar-refractivity contribution in [2.24, 2.45) is 0 Å². The van der Waals surface area contributed by atoms with Gasteiger partial charge in [0.15, 0.2) is 5.69 Å². The second-order valence-electron chi connectivity index (χ2n) is 5.97. The van der Waals surface area contributed by atoms with Crippen LogP contribution in [0.5, 0.6) is 5.75 Å². The molecule has 0 bridgehead atoms. The molecule has 0 saturated heterocycles. The Morgan fingerprint density at radius 1 is 1.11 bits per heavy atom. The lowest BCUT2D eigenvalue weighted by Crippen LogP contribution is -2.05. The number of carbonyl (C=O) groups is 1. The lowest BCUT2D eigenvalue weighted by molar-refractivity contribution is 0.0519. The molecule has 0 unspecified atom stereocenters. The van der Waals surface area contributed by atoms with Gasteiger partial charge < -0.3 is 9.47 Å². The smallest absolute Gasteiger partial charge is 0.359 e. The zero-order chi connectivity index (χ0) is 18.8. The van der Waals surface area contributed by atoms with Crippen molar-refractivity contribution in [1.29, 1.82) is 0 Å². The number of fused-ring (bicyclic) bond motifs is 3. The van der Waals surface area contributed by atoms with Gasteiger partial charge in [-0.3, -0.25) is 4.40 Å². The van der Waals surface area contributed by atoms with Crippen molar-refractivity contribution in [3.8, 4) is 5.75 Å². The molecule has 136 valence electrons. The zero-order valence-electron chi connectivity index (χ0n) is 14.7. The number of hydrogen-bond acceptors (Lipinski definition) is 4. The summed E-state index contributed by atoms with van der Waals surface area (Å²) in [4.78, 5) is 16.7. The maximum atomic E-state index is 12.2. The number of benzene rings is 2. The van der Waals surface area contributed by atoms with Gasteiger partial charge in [-0.25, -0.2) is 9.78 Å². The fourth-order valence-electron chi connectivity index (χ4n) is 3.00. The van der Waals surface area contributed by atoms with E-state index in [0.29, 0.717) is 23.5 Å². The molecule has 4 rings (SSSR count). The third-order valence-corrected chi connectivity index (χ3v) is 4.95. The number of rotatable bonds is 5. The van der Waals surface area contributed by atoms with Gasteiger partial charge in [0.2, 0.25) is 0 Å². The van der Waals surface area contributed by atoms with Gasteiger partial charge in [0.25, 0.3) is 0 Å². The highest BCUT2D eigenvalue weighted by Gasteiger charge is 2.21. The summed E-state index contributed by atoms with van der Waals surface area (Å²) in [6.45, 7) is 2.52. The monoisotopic (exact) mass is 424 g/mol. The van der Waals surface area contributed by atoms with E-state index in [1.165, 1.54) is 0 Å². The van der Waals surface area contributed by atoms with Crippen molar-refractivity contribution in [1.82, 2.24) is 9.38 Å². The van der Waals surface area contributed by atoms with Gasteiger partial charge in [-0.1, -0.05) is 42.5 Å². The van der Waals surface area contributed by atoms with Crippen molar-refractivity contribution in [3.05, 3.63) is 76.5 Å². The van der Waals surface area contributed by atoms with E-state index >= 15 is 0 Å². The fraction of sp³-hybridized carbons (Fsp3) is 0.143. The molecule has 0 N–H and O–H groups in total. The maximum Gasteiger partial charge on any atom is 0.359 e. The van der Waals surface area contributed by atoms with Gasteiger partial charge in [-0.15, -0.1) is 0 Å². The van der Waals surface area contributed by atoms with Crippen molar-refractivity contribution in [3.63, 3.8) is 0 Å². The summed E-state index contributed by atoms with van der Waals surface area (Å²) in [7, 11) is 0. The lowest BCUT2D eigenvalue weighted by Gasteiger charge is -2.11. The average molecular weight is 425 g/mol. The molecule has 0 atom stereocenters. The molecule has 4 aromatic rings. The summed E-state index contributed by atoms with van der Waals surface area (Å²) >= 11 is 3.50. The van der Waals surface area contributed by atoms with E-state index in [1.54, 1.807) is 6.92 Å². The third-order valence-electron chi connectivity index (χ3n) is 4.22. The van der Waals surface area contributed by atoms with Crippen LogP contribution in [0.3, 0.4) is 0 Å². The number of pyridine rings is 1. The summed E-state index contributed by atoms with van der Waals surface area (Å²) < 4.78 is 13.7. The van der Waals surface area contributed by atoms with Crippen LogP contribution >= 0.6 is 15.9 Å². The Bertz CT molecular complexity index is 1120. The molecule has 0 aliphatic heterocycles. The number of ether oxygens (including phenoxy) is 2. The van der Waals surface area contributed by atoms with Crippen molar-refractivity contribution in [2.45, 2.75) is 13.5 Å². The predicted octanol–water partition coefficient (Wildman–Crippen LogP) is 5.01. The summed E-state index contributed by atoms with van der Waals surface area (Å²) in [5.41, 5.74) is 2.85. The Balaban J connectivity index is 1.83. The second kappa shape index (κ2) is 7.40. The number of esters is 1. The van der Waals surface area contributed by atoms with Crippen LogP contribution in [0.4, 0.5) is 0 Å². The average Bonchev–Trinajstić information content (AvgIpc) is 3.04. The van der Waals surface area contributed by atoms with Crippen LogP contribution in [0, 0.1) is 0 Å². The molecular formula is C21H17BrN2O3. The van der Waals surface area contributed by atoms with E-state index in [4.69, 9.17) is 9.47 Å². The fourth-order valence-corrected chi connectivity index (χ4v) is 3.62. The number of aromatic nitrogens is 2. The number of imidazole rings is 1. The van der Waals surface area contributed by atoms with E-state index in [2.05, 4.69) is 20.9 Å². The minimum Gasteiger partial charge on any atom is -0.488 e. The molecule has 2 aromatic heterocycles. The van der Waals surface area contributed by atoms with E-state index in [-0.39, 0.29) is 5.69 Å². The molecule has 0 aliphatic rings. The number of carbonyl (C=O) groups excluding carboxylic acids is 1. The van der Waals surface area contributed by atoms with Crippen LogP contribution in [0.2, 0.25) is 0 Å². The molecule has 5 nitrogen and oxygen atoms in total. The number of halogens is 1. The first kappa shape index (κ1) is 17.5. The van der Waals surface area contributed by atoms with E-state index < -0.39 is 5.97 Å². The van der Waals surface area contributed by atoms with Crippen LogP contribution in [-0.2, 0) is 11.3 Å². The van der Waals surface area contributed by atoms with Crippen LogP contribution in [0.1, 0.15) is 23.0 Å². The topological polar surface area (TPSA) is 52.8 Å². The van der Waals surface area contributed by atoms with Crippen molar-refractivity contribution in [2.75, 3.05) is 6.61 Å². The standard InChI is InChI=1S/C21H17BrN2O3/c1-2-26-21(25)19-20(22)24-16-11-7-6-10-15(16)17(12-18(24)23-19)27-13-14-8-4-3-5-9-14/h3-12H,2,13H2,1H3. The second-order valence-corrected chi connectivity index (χ2v) is 6.72. The van der Waals surface area contributed by atoms with Crippen LogP contribution in [0.15, 0.2) is 65.3 Å². The summed E-state index contributed by atoms with van der Waals surface area (Å²) in [5.74, 6) is 0.263. The minimum atomic E-state index is -0.455. The molecule has 0 spiro atoms. The molecule has 0 amide bonds. The van der Waals surface area contributed by atoms with Gasteiger partial charge in [0.05, 0.1) is 12.1 Å². The zero-order valence-corrected chi connectivity index (χ0v) is 16.3. The van der Waals surface area contributed by atoms with Crippen molar-refractivity contribution >= 4 is 38.4 Å². The maximum absolute atomic E-state index is 12.2. The Morgan fingerprint density at radius 2 is 1.85 bits per heavy atom. The van der Waals surface area contributed by atoms with E-state index in [9.17, 15) is 4.79 Å². The minimum absolute atomic E-state index is 0.252. The Morgan fingerprint density at radius 3 is 2.63 bits per heavy atom. The molecule has 0 saturated carbocycles. The Kier molecular flexibility index (Phi) is 4.81. The number of para-hydroxylation sites is 1. The summed E-state index contributed by atoms with van der Waals surface area (Å²) in [6.07, 6.45) is 0. The van der Waals surface area contributed by atoms with Gasteiger partial charge in [0, 0.05) is 11.5 Å². The first-order valence-corrected chi connectivity index (χ1v) is 9.42. The van der Waals surface area contributed by atoms with Gasteiger partial charge in [0.1, 0.15) is 22.6 Å². The molecule has 0 fully saturated rings. The van der Waals surface area contributed by atoms with Crippen LogP contribution < -0.4 is 4.74 Å². The van der Waals surface area contributed by atoms with Crippen LogP contribution in [-0.4, -0.2) is 22.0 Å². The molecule has 2 heterocycles. The van der Waals surface area contributed by atoms with Crippen LogP contribution in [0.25, 0.3) is 16.6 Å². The Labute approximate surface area is 164 Å².